The molecule has 1 aromatic rings. The van der Waals surface area contributed by atoms with E-state index in [-0.39, 0.29) is 6.42 Å². The van der Waals surface area contributed by atoms with Crippen molar-refractivity contribution in [3.05, 3.63) is 35.4 Å². The maximum absolute atomic E-state index is 12.2. The third-order valence-electron chi connectivity index (χ3n) is 2.39. The highest BCUT2D eigenvalue weighted by Gasteiger charge is 2.35. The van der Waals surface area contributed by atoms with Gasteiger partial charge in [-0.3, -0.25) is 4.79 Å². The summed E-state index contributed by atoms with van der Waals surface area (Å²) >= 11 is 0. The zero-order chi connectivity index (χ0) is 13.1. The molecule has 0 heterocycles. The Hall–Kier alpha value is -1.52. The van der Waals surface area contributed by atoms with Crippen molar-refractivity contribution in [2.45, 2.75) is 25.9 Å². The molecule has 5 heteroatoms. The van der Waals surface area contributed by atoms with Crippen LogP contribution in [-0.4, -0.2) is 17.3 Å². The molecule has 1 N–H and O–H groups in total. The van der Waals surface area contributed by atoms with Gasteiger partial charge >= 0.3 is 12.1 Å². The number of hydrogen-bond acceptors (Lipinski definition) is 1. The predicted octanol–water partition coefficient (Wildman–Crippen LogP) is 3.19. The van der Waals surface area contributed by atoms with E-state index in [4.69, 9.17) is 5.11 Å². The Balaban J connectivity index is 2.77. The summed E-state index contributed by atoms with van der Waals surface area (Å²) in [5.41, 5.74) is 1.51. The van der Waals surface area contributed by atoms with Crippen molar-refractivity contribution < 1.29 is 23.1 Å². The van der Waals surface area contributed by atoms with Crippen LogP contribution in [-0.2, 0) is 11.2 Å². The van der Waals surface area contributed by atoms with Crippen molar-refractivity contribution in [2.24, 2.45) is 5.92 Å². The van der Waals surface area contributed by atoms with Gasteiger partial charge in [0.15, 0.2) is 0 Å². The van der Waals surface area contributed by atoms with E-state index in [9.17, 15) is 18.0 Å². The number of aryl methyl sites for hydroxylation is 1. The summed E-state index contributed by atoms with van der Waals surface area (Å²) in [4.78, 5) is 10.8. The topological polar surface area (TPSA) is 37.3 Å². The predicted molar refractivity (Wildman–Crippen MR) is 56.7 cm³/mol. The molecule has 0 aromatic heterocycles. The second-order valence-corrected chi connectivity index (χ2v) is 4.05. The van der Waals surface area contributed by atoms with E-state index in [1.54, 1.807) is 18.2 Å². The Morgan fingerprint density at radius 1 is 1.41 bits per heavy atom. The minimum atomic E-state index is -4.45. The van der Waals surface area contributed by atoms with Gasteiger partial charge in [0.05, 0.1) is 12.3 Å². The lowest BCUT2D eigenvalue weighted by Gasteiger charge is -2.14. The van der Waals surface area contributed by atoms with Crippen LogP contribution in [0.4, 0.5) is 13.2 Å². The highest BCUT2D eigenvalue weighted by molar-refractivity contribution is 5.70. The van der Waals surface area contributed by atoms with Gasteiger partial charge in [-0.1, -0.05) is 29.8 Å². The molecule has 0 fully saturated rings. The average molecular weight is 246 g/mol. The van der Waals surface area contributed by atoms with E-state index in [1.165, 1.54) is 0 Å². The van der Waals surface area contributed by atoms with Gasteiger partial charge in [0, 0.05) is 0 Å². The van der Waals surface area contributed by atoms with Gasteiger partial charge in [0.25, 0.3) is 0 Å². The molecule has 0 aliphatic rings. The largest absolute Gasteiger partial charge is 0.481 e. The van der Waals surface area contributed by atoms with Crippen molar-refractivity contribution in [2.75, 3.05) is 0 Å². The molecule has 0 spiro atoms. The highest BCUT2D eigenvalue weighted by atomic mass is 19.4. The lowest BCUT2D eigenvalue weighted by molar-refractivity contribution is -0.163. The van der Waals surface area contributed by atoms with Crippen LogP contribution in [0.3, 0.4) is 0 Å². The second kappa shape index (κ2) is 5.21. The Morgan fingerprint density at radius 2 is 2.06 bits per heavy atom. The maximum atomic E-state index is 12.2. The molecule has 0 bridgehead atoms. The number of carbonyl (C=O) groups is 1. The van der Waals surface area contributed by atoms with E-state index in [2.05, 4.69) is 0 Å². The van der Waals surface area contributed by atoms with Gasteiger partial charge in [-0.25, -0.2) is 0 Å². The van der Waals surface area contributed by atoms with E-state index in [1.807, 2.05) is 13.0 Å². The summed E-state index contributed by atoms with van der Waals surface area (Å²) in [6.07, 6.45) is -5.85. The number of hydrogen-bond donors (Lipinski definition) is 1. The summed E-state index contributed by atoms with van der Waals surface area (Å²) in [5, 5.41) is 8.77. The standard InChI is InChI=1S/C12H13F3O2/c1-8-3-2-4-9(5-8)6-10(11(16)17)7-12(13,14)15/h2-5,10H,6-7H2,1H3,(H,16,17). The number of benzene rings is 1. The molecule has 0 aliphatic heterocycles. The summed E-state index contributed by atoms with van der Waals surface area (Å²) in [5.74, 6) is -2.83. The minimum absolute atomic E-state index is 0.101. The number of carboxylic acid groups (broad SMARTS) is 1. The summed E-state index contributed by atoms with van der Waals surface area (Å²) in [7, 11) is 0. The Bertz CT molecular complexity index is 399. The molecule has 0 aliphatic carbocycles. The van der Waals surface area contributed by atoms with Gasteiger partial charge in [-0.05, 0) is 18.9 Å². The lowest BCUT2D eigenvalue weighted by atomic mass is 9.95. The van der Waals surface area contributed by atoms with Crippen LogP contribution in [0.15, 0.2) is 24.3 Å². The first-order valence-electron chi connectivity index (χ1n) is 5.13. The normalized spacial score (nSPS) is 13.4. The first-order valence-corrected chi connectivity index (χ1v) is 5.13. The van der Waals surface area contributed by atoms with Crippen LogP contribution < -0.4 is 0 Å². The molecular weight excluding hydrogens is 233 g/mol. The average Bonchev–Trinajstić information content (AvgIpc) is 2.14. The van der Waals surface area contributed by atoms with Crippen molar-refractivity contribution in [3.8, 4) is 0 Å². The Labute approximate surface area is 97.1 Å². The van der Waals surface area contributed by atoms with E-state index >= 15 is 0 Å². The molecule has 1 aromatic carbocycles. The quantitative estimate of drug-likeness (QED) is 0.885. The van der Waals surface area contributed by atoms with E-state index in [0.717, 1.165) is 5.56 Å². The Kier molecular flexibility index (Phi) is 4.15. The molecule has 1 atom stereocenters. The molecule has 0 radical (unpaired) electrons. The monoisotopic (exact) mass is 246 g/mol. The molecule has 2 nitrogen and oxygen atoms in total. The number of halogens is 3. The molecule has 0 saturated heterocycles. The van der Waals surface area contributed by atoms with Gasteiger partial charge in [-0.15, -0.1) is 0 Å². The molecule has 94 valence electrons. The third-order valence-corrected chi connectivity index (χ3v) is 2.39. The van der Waals surface area contributed by atoms with Gasteiger partial charge < -0.3 is 5.11 Å². The summed E-state index contributed by atoms with van der Waals surface area (Å²) < 4.78 is 36.6. The van der Waals surface area contributed by atoms with Crippen LogP contribution in [0, 0.1) is 12.8 Å². The fraction of sp³-hybridized carbons (Fsp3) is 0.417. The first kappa shape index (κ1) is 13.5. The summed E-state index contributed by atoms with van der Waals surface area (Å²) in [6.45, 7) is 1.81. The van der Waals surface area contributed by atoms with Gasteiger partial charge in [-0.2, -0.15) is 13.2 Å². The van der Waals surface area contributed by atoms with Gasteiger partial charge in [0.2, 0.25) is 0 Å². The highest BCUT2D eigenvalue weighted by Crippen LogP contribution is 2.27. The maximum Gasteiger partial charge on any atom is 0.389 e. The number of alkyl halides is 3. The molecule has 17 heavy (non-hydrogen) atoms. The SMILES string of the molecule is Cc1cccc(CC(CC(F)(F)F)C(=O)O)c1. The van der Waals surface area contributed by atoms with E-state index in [0.29, 0.717) is 5.56 Å². The van der Waals surface area contributed by atoms with Crippen LogP contribution >= 0.6 is 0 Å². The lowest BCUT2D eigenvalue weighted by Crippen LogP contribution is -2.24. The van der Waals surface area contributed by atoms with Crippen LogP contribution in [0.5, 0.6) is 0 Å². The zero-order valence-electron chi connectivity index (χ0n) is 9.29. The van der Waals surface area contributed by atoms with Crippen molar-refractivity contribution in [1.29, 1.82) is 0 Å². The number of carboxylic acids is 1. The van der Waals surface area contributed by atoms with Crippen LogP contribution in [0.25, 0.3) is 0 Å². The van der Waals surface area contributed by atoms with E-state index < -0.39 is 24.5 Å². The van der Waals surface area contributed by atoms with Crippen molar-refractivity contribution in [1.82, 2.24) is 0 Å². The fourth-order valence-electron chi connectivity index (χ4n) is 1.65. The minimum Gasteiger partial charge on any atom is -0.481 e. The third kappa shape index (κ3) is 4.89. The molecular formula is C12H13F3O2. The Morgan fingerprint density at radius 3 is 2.53 bits per heavy atom. The van der Waals surface area contributed by atoms with Crippen LogP contribution in [0.2, 0.25) is 0 Å². The molecule has 1 unspecified atom stereocenters. The zero-order valence-corrected chi connectivity index (χ0v) is 9.29. The summed E-state index contributed by atoms with van der Waals surface area (Å²) in [6, 6.07) is 6.85. The number of rotatable bonds is 4. The van der Waals surface area contributed by atoms with Crippen molar-refractivity contribution >= 4 is 5.97 Å². The number of aliphatic carboxylic acids is 1. The molecule has 0 saturated carbocycles. The fourth-order valence-corrected chi connectivity index (χ4v) is 1.65. The molecule has 1 rings (SSSR count). The second-order valence-electron chi connectivity index (χ2n) is 4.05. The van der Waals surface area contributed by atoms with Gasteiger partial charge in [0.1, 0.15) is 0 Å². The van der Waals surface area contributed by atoms with Crippen LogP contribution in [0.1, 0.15) is 17.5 Å². The molecule has 0 amide bonds. The first-order chi connectivity index (χ1) is 7.78. The van der Waals surface area contributed by atoms with Crippen molar-refractivity contribution in [3.63, 3.8) is 0 Å². The smallest absolute Gasteiger partial charge is 0.389 e.